The van der Waals surface area contributed by atoms with E-state index in [4.69, 9.17) is 0 Å². The number of nitrogens with zero attached hydrogens (tertiary/aromatic N) is 3. The number of hydrogen-bond acceptors (Lipinski definition) is 3. The predicted octanol–water partition coefficient (Wildman–Crippen LogP) is 3.33. The maximum absolute atomic E-state index is 10.0. The van der Waals surface area contributed by atoms with E-state index in [1.807, 2.05) is 60.7 Å². The second-order valence-corrected chi connectivity index (χ2v) is 4.72. The van der Waals surface area contributed by atoms with Gasteiger partial charge in [0.1, 0.15) is 11.7 Å². The fourth-order valence-corrected chi connectivity index (χ4v) is 2.56. The van der Waals surface area contributed by atoms with Gasteiger partial charge in [0.05, 0.1) is 6.07 Å². The van der Waals surface area contributed by atoms with Gasteiger partial charge in [0.25, 0.3) is 0 Å². The summed E-state index contributed by atoms with van der Waals surface area (Å²) in [5.74, 6) is 0. The van der Waals surface area contributed by atoms with E-state index in [1.54, 1.807) is 12.4 Å². The highest BCUT2D eigenvalue weighted by Crippen LogP contribution is 2.37. The Kier molecular flexibility index (Phi) is 3.44. The molecule has 3 rings (SSSR count). The van der Waals surface area contributed by atoms with Crippen LogP contribution in [-0.2, 0) is 5.41 Å². The second kappa shape index (κ2) is 5.56. The zero-order valence-corrected chi connectivity index (χ0v) is 11.3. The van der Waals surface area contributed by atoms with Gasteiger partial charge in [-0.25, -0.2) is 9.97 Å². The van der Waals surface area contributed by atoms with E-state index in [1.165, 1.54) is 6.33 Å². The number of aromatic nitrogens is 2. The SMILES string of the molecule is N#CC(c1ccccc1)(c1ccccc1)c1cncnc1. The highest BCUT2D eigenvalue weighted by molar-refractivity contribution is 5.55. The van der Waals surface area contributed by atoms with Crippen molar-refractivity contribution in [1.82, 2.24) is 9.97 Å². The first-order chi connectivity index (χ1) is 10.4. The monoisotopic (exact) mass is 271 g/mol. The molecule has 21 heavy (non-hydrogen) atoms. The van der Waals surface area contributed by atoms with Crippen LogP contribution in [0.5, 0.6) is 0 Å². The molecule has 0 saturated carbocycles. The van der Waals surface area contributed by atoms with Crippen molar-refractivity contribution in [2.24, 2.45) is 0 Å². The number of benzene rings is 2. The van der Waals surface area contributed by atoms with Crippen LogP contribution in [0.1, 0.15) is 16.7 Å². The van der Waals surface area contributed by atoms with Crippen LogP contribution in [0.25, 0.3) is 0 Å². The van der Waals surface area contributed by atoms with E-state index < -0.39 is 5.41 Å². The van der Waals surface area contributed by atoms with Crippen LogP contribution in [0.2, 0.25) is 0 Å². The standard InChI is InChI=1S/C18H13N3/c19-13-18(15-7-3-1-4-8-15,16-9-5-2-6-10-16)17-11-20-14-21-12-17/h1-12,14H. The first kappa shape index (κ1) is 13.0. The van der Waals surface area contributed by atoms with Crippen LogP contribution in [0.4, 0.5) is 0 Å². The lowest BCUT2D eigenvalue weighted by Crippen LogP contribution is -2.27. The van der Waals surface area contributed by atoms with Crippen molar-refractivity contribution in [3.8, 4) is 6.07 Å². The molecule has 0 aliphatic rings. The third kappa shape index (κ3) is 2.17. The zero-order valence-electron chi connectivity index (χ0n) is 11.3. The highest BCUT2D eigenvalue weighted by Gasteiger charge is 2.37. The topological polar surface area (TPSA) is 49.6 Å². The molecule has 100 valence electrons. The molecule has 0 fully saturated rings. The minimum Gasteiger partial charge on any atom is -0.244 e. The van der Waals surface area contributed by atoms with Crippen molar-refractivity contribution in [1.29, 1.82) is 5.26 Å². The van der Waals surface area contributed by atoms with Crippen molar-refractivity contribution in [2.45, 2.75) is 5.41 Å². The molecule has 3 heteroatoms. The summed E-state index contributed by atoms with van der Waals surface area (Å²) in [7, 11) is 0. The van der Waals surface area contributed by atoms with Crippen LogP contribution in [-0.4, -0.2) is 9.97 Å². The van der Waals surface area contributed by atoms with Crippen LogP contribution < -0.4 is 0 Å². The lowest BCUT2D eigenvalue weighted by atomic mass is 9.71. The van der Waals surface area contributed by atoms with Gasteiger partial charge in [0.15, 0.2) is 0 Å². The Hall–Kier alpha value is -2.99. The molecular formula is C18H13N3. The van der Waals surface area contributed by atoms with E-state index in [2.05, 4.69) is 16.0 Å². The third-order valence-electron chi connectivity index (χ3n) is 3.57. The minimum absolute atomic E-state index is 0.768. The molecule has 1 aromatic heterocycles. The van der Waals surface area contributed by atoms with Crippen molar-refractivity contribution >= 4 is 0 Å². The van der Waals surface area contributed by atoms with Gasteiger partial charge in [0, 0.05) is 18.0 Å². The third-order valence-corrected chi connectivity index (χ3v) is 3.57. The first-order valence-corrected chi connectivity index (χ1v) is 6.66. The zero-order chi connectivity index (χ0) is 14.5. The molecule has 0 atom stereocenters. The summed E-state index contributed by atoms with van der Waals surface area (Å²) in [5.41, 5.74) is 1.69. The molecule has 3 aromatic rings. The number of nitriles is 1. The summed E-state index contributed by atoms with van der Waals surface area (Å²) in [6, 6.07) is 22.0. The minimum atomic E-state index is -0.899. The molecule has 3 nitrogen and oxygen atoms in total. The molecule has 0 aliphatic heterocycles. The molecule has 2 aromatic carbocycles. The molecular weight excluding hydrogens is 258 g/mol. The summed E-state index contributed by atoms with van der Waals surface area (Å²) >= 11 is 0. The molecule has 0 aliphatic carbocycles. The summed E-state index contributed by atoms with van der Waals surface area (Å²) in [5, 5.41) is 10.0. The van der Waals surface area contributed by atoms with Gasteiger partial charge < -0.3 is 0 Å². The summed E-state index contributed by atoms with van der Waals surface area (Å²) in [4.78, 5) is 8.17. The van der Waals surface area contributed by atoms with Crippen LogP contribution in [0, 0.1) is 11.3 Å². The predicted molar refractivity (Wildman–Crippen MR) is 80.4 cm³/mol. The van der Waals surface area contributed by atoms with E-state index in [0.717, 1.165) is 16.7 Å². The summed E-state index contributed by atoms with van der Waals surface area (Å²) in [6.07, 6.45) is 4.88. The Balaban J connectivity index is 2.32. The summed E-state index contributed by atoms with van der Waals surface area (Å²) < 4.78 is 0. The smallest absolute Gasteiger partial charge is 0.135 e. The summed E-state index contributed by atoms with van der Waals surface area (Å²) in [6.45, 7) is 0. The molecule has 0 N–H and O–H groups in total. The molecule has 0 radical (unpaired) electrons. The molecule has 0 bridgehead atoms. The maximum Gasteiger partial charge on any atom is 0.135 e. The lowest BCUT2D eigenvalue weighted by molar-refractivity contribution is 0.780. The van der Waals surface area contributed by atoms with Gasteiger partial charge in [0.2, 0.25) is 0 Å². The lowest BCUT2D eigenvalue weighted by Gasteiger charge is -2.27. The molecule has 0 saturated heterocycles. The van der Waals surface area contributed by atoms with Gasteiger partial charge in [-0.05, 0) is 11.1 Å². The van der Waals surface area contributed by atoms with E-state index in [9.17, 15) is 5.26 Å². The van der Waals surface area contributed by atoms with Crippen LogP contribution in [0.3, 0.4) is 0 Å². The molecule has 0 amide bonds. The van der Waals surface area contributed by atoms with Gasteiger partial charge in [-0.3, -0.25) is 0 Å². The average molecular weight is 271 g/mol. The Morgan fingerprint density at radius 3 is 1.62 bits per heavy atom. The Morgan fingerprint density at radius 2 is 1.19 bits per heavy atom. The molecule has 0 unspecified atom stereocenters. The van der Waals surface area contributed by atoms with Crippen molar-refractivity contribution < 1.29 is 0 Å². The Morgan fingerprint density at radius 1 is 0.714 bits per heavy atom. The van der Waals surface area contributed by atoms with E-state index in [0.29, 0.717) is 0 Å². The fraction of sp³-hybridized carbons (Fsp3) is 0.0556. The largest absolute Gasteiger partial charge is 0.244 e. The van der Waals surface area contributed by atoms with Crippen LogP contribution in [0.15, 0.2) is 79.4 Å². The van der Waals surface area contributed by atoms with Gasteiger partial charge >= 0.3 is 0 Å². The number of hydrogen-bond donors (Lipinski definition) is 0. The van der Waals surface area contributed by atoms with Gasteiger partial charge in [-0.15, -0.1) is 0 Å². The van der Waals surface area contributed by atoms with E-state index in [-0.39, 0.29) is 0 Å². The quantitative estimate of drug-likeness (QED) is 0.734. The van der Waals surface area contributed by atoms with Gasteiger partial charge in [-0.2, -0.15) is 5.26 Å². The first-order valence-electron chi connectivity index (χ1n) is 6.66. The van der Waals surface area contributed by atoms with Gasteiger partial charge in [-0.1, -0.05) is 60.7 Å². The van der Waals surface area contributed by atoms with Crippen molar-refractivity contribution in [3.05, 3.63) is 96.1 Å². The van der Waals surface area contributed by atoms with Crippen molar-refractivity contribution in [3.63, 3.8) is 0 Å². The van der Waals surface area contributed by atoms with Crippen molar-refractivity contribution in [2.75, 3.05) is 0 Å². The van der Waals surface area contributed by atoms with Crippen LogP contribution >= 0.6 is 0 Å². The Bertz CT molecular complexity index is 650. The average Bonchev–Trinajstić information content (AvgIpc) is 2.59. The Labute approximate surface area is 123 Å². The normalized spacial score (nSPS) is 10.8. The highest BCUT2D eigenvalue weighted by atomic mass is 14.8. The maximum atomic E-state index is 10.0. The molecule has 1 heterocycles. The molecule has 0 spiro atoms. The number of rotatable bonds is 3. The fourth-order valence-electron chi connectivity index (χ4n) is 2.56. The second-order valence-electron chi connectivity index (χ2n) is 4.72. The van der Waals surface area contributed by atoms with E-state index >= 15 is 0 Å².